The normalized spacial score (nSPS) is 21.0. The fourth-order valence-electron chi connectivity index (χ4n) is 5.56. The Bertz CT molecular complexity index is 1260. The first kappa shape index (κ1) is 27.1. The molecule has 2 aromatic heterocycles. The van der Waals surface area contributed by atoms with Gasteiger partial charge in [0, 0.05) is 12.1 Å². The number of nitrogens with one attached hydrogen (secondary N) is 1. The molecule has 4 rings (SSSR count). The summed E-state index contributed by atoms with van der Waals surface area (Å²) in [5.41, 5.74) is 5.03. The minimum Gasteiger partial charge on any atom is -0.472 e. The predicted molar refractivity (Wildman–Crippen MR) is 139 cm³/mol. The number of aromatic nitrogens is 2. The number of hydrogen-bond acceptors (Lipinski definition) is 8. The minimum atomic E-state index is -4.36. The van der Waals surface area contributed by atoms with E-state index in [0.717, 1.165) is 38.2 Å². The lowest BCUT2D eigenvalue weighted by molar-refractivity contribution is 0.0979. The molecule has 0 spiro atoms. The molecule has 2 atom stereocenters. The first-order chi connectivity index (χ1) is 17.4. The number of sulfonamides is 1. The van der Waals surface area contributed by atoms with Gasteiger partial charge in [0.05, 0.1) is 5.56 Å². The molecule has 11 heteroatoms. The lowest BCUT2D eigenvalue weighted by Gasteiger charge is -2.34. The van der Waals surface area contributed by atoms with E-state index in [1.807, 2.05) is 30.4 Å². The van der Waals surface area contributed by atoms with E-state index < -0.39 is 26.8 Å². The molecule has 37 heavy (non-hydrogen) atoms. The number of halogens is 1. The Labute approximate surface area is 218 Å². The Balaban J connectivity index is 1.70. The third kappa shape index (κ3) is 5.97. The molecule has 2 fully saturated rings. The summed E-state index contributed by atoms with van der Waals surface area (Å²) in [5, 5.41) is -0.410. The number of amides is 1. The topological polar surface area (TPSA) is 128 Å². The fraction of sp³-hybridized carbons (Fsp3) is 0.577. The Kier molecular flexibility index (Phi) is 7.64. The predicted octanol–water partition coefficient (Wildman–Crippen LogP) is 4.29. The van der Waals surface area contributed by atoms with E-state index in [1.165, 1.54) is 24.6 Å². The van der Waals surface area contributed by atoms with Crippen LogP contribution in [0.4, 0.5) is 16.0 Å². The summed E-state index contributed by atoms with van der Waals surface area (Å²) in [7, 11) is -4.36. The van der Waals surface area contributed by atoms with Gasteiger partial charge < -0.3 is 15.4 Å². The molecule has 3 N–H and O–H groups in total. The average molecular weight is 534 g/mol. The van der Waals surface area contributed by atoms with Gasteiger partial charge in [-0.2, -0.15) is 13.4 Å². The van der Waals surface area contributed by atoms with Gasteiger partial charge >= 0.3 is 0 Å². The fourth-order valence-corrected chi connectivity index (χ4v) is 6.51. The van der Waals surface area contributed by atoms with Crippen molar-refractivity contribution in [2.24, 2.45) is 11.8 Å². The highest BCUT2D eigenvalue weighted by molar-refractivity contribution is 7.90. The van der Waals surface area contributed by atoms with Gasteiger partial charge in [0.25, 0.3) is 21.8 Å². The maximum absolute atomic E-state index is 15.3. The molecule has 9 nitrogen and oxygen atoms in total. The minimum absolute atomic E-state index is 0.00915. The number of carbonyl (C=O) groups is 1. The third-order valence-electron chi connectivity index (χ3n) is 7.36. The summed E-state index contributed by atoms with van der Waals surface area (Å²) in [4.78, 5) is 23.5. The molecule has 0 aromatic carbocycles. The third-order valence-corrected chi connectivity index (χ3v) is 8.59. The van der Waals surface area contributed by atoms with Crippen LogP contribution in [0.5, 0.6) is 5.88 Å². The Morgan fingerprint density at radius 2 is 1.95 bits per heavy atom. The molecular formula is C26H36FN5O4S. The van der Waals surface area contributed by atoms with Crippen molar-refractivity contribution < 1.29 is 22.3 Å². The number of rotatable bonds is 7. The van der Waals surface area contributed by atoms with Crippen molar-refractivity contribution in [1.29, 1.82) is 0 Å². The molecule has 1 aliphatic carbocycles. The second kappa shape index (κ2) is 10.4. The van der Waals surface area contributed by atoms with Crippen LogP contribution in [0.3, 0.4) is 0 Å². The van der Waals surface area contributed by atoms with Crippen molar-refractivity contribution in [3.8, 4) is 5.88 Å². The molecule has 0 radical (unpaired) electrons. The van der Waals surface area contributed by atoms with Crippen LogP contribution in [0, 0.1) is 17.7 Å². The molecule has 1 saturated heterocycles. The van der Waals surface area contributed by atoms with E-state index in [4.69, 9.17) is 10.5 Å². The Morgan fingerprint density at radius 3 is 2.57 bits per heavy atom. The monoisotopic (exact) mass is 533 g/mol. The van der Waals surface area contributed by atoms with Crippen molar-refractivity contribution in [2.75, 3.05) is 17.2 Å². The molecule has 1 aliphatic heterocycles. The van der Waals surface area contributed by atoms with Crippen LogP contribution in [-0.2, 0) is 10.0 Å². The molecule has 1 unspecified atom stereocenters. The summed E-state index contributed by atoms with van der Waals surface area (Å²) in [6.07, 6.45) is 6.05. The molecule has 0 bridgehead atoms. The molecule has 1 saturated carbocycles. The van der Waals surface area contributed by atoms with Gasteiger partial charge in [0.15, 0.2) is 10.8 Å². The van der Waals surface area contributed by atoms with E-state index in [0.29, 0.717) is 18.4 Å². The van der Waals surface area contributed by atoms with E-state index in [-0.39, 0.29) is 34.7 Å². The van der Waals surface area contributed by atoms with Crippen LogP contribution in [0.2, 0.25) is 0 Å². The lowest BCUT2D eigenvalue weighted by Crippen LogP contribution is -2.41. The van der Waals surface area contributed by atoms with Crippen LogP contribution >= 0.6 is 0 Å². The number of nitrogens with two attached hydrogens (primary N) is 1. The van der Waals surface area contributed by atoms with Crippen LogP contribution in [0.1, 0.15) is 76.6 Å². The van der Waals surface area contributed by atoms with Crippen LogP contribution in [0.15, 0.2) is 29.3 Å². The molecular weight excluding hydrogens is 497 g/mol. The standard InChI is InChI=1S/C26H36FN5O4S/c1-16-14-26(3,4)32(15-16)23-19(24(33)31-37(34,35)22-12-8-11-21(28)29-22)13-20(27)25(30-23)36-17(2)18-9-6-5-7-10-18/h8,11-13,16-18H,5-7,9-10,14-15H2,1-4H3,(H2,28,29)(H,31,33)/t16-,17?/m0/s1. The van der Waals surface area contributed by atoms with Crippen molar-refractivity contribution in [3.63, 3.8) is 0 Å². The second-order valence-electron chi connectivity index (χ2n) is 10.9. The molecule has 202 valence electrons. The first-order valence-corrected chi connectivity index (χ1v) is 14.3. The van der Waals surface area contributed by atoms with E-state index >= 15 is 4.39 Å². The smallest absolute Gasteiger partial charge is 0.281 e. The van der Waals surface area contributed by atoms with Crippen LogP contribution in [-0.4, -0.2) is 42.5 Å². The van der Waals surface area contributed by atoms with Gasteiger partial charge in [-0.05, 0) is 70.1 Å². The summed E-state index contributed by atoms with van der Waals surface area (Å²) >= 11 is 0. The van der Waals surface area contributed by atoms with Gasteiger partial charge in [-0.25, -0.2) is 14.1 Å². The summed E-state index contributed by atoms with van der Waals surface area (Å²) in [5.74, 6) is -1.22. The van der Waals surface area contributed by atoms with Gasteiger partial charge in [-0.1, -0.05) is 32.3 Å². The Morgan fingerprint density at radius 1 is 1.24 bits per heavy atom. The van der Waals surface area contributed by atoms with E-state index in [9.17, 15) is 13.2 Å². The van der Waals surface area contributed by atoms with E-state index in [2.05, 4.69) is 16.9 Å². The van der Waals surface area contributed by atoms with Gasteiger partial charge in [0.2, 0.25) is 0 Å². The number of nitrogen functional groups attached to an aromatic ring is 1. The maximum atomic E-state index is 15.3. The SMILES string of the molecule is CC(Oc1nc(N2C[C@@H](C)CC2(C)C)c(C(=O)NS(=O)(=O)c2cccc(N)n2)cc1F)C1CCCCC1. The van der Waals surface area contributed by atoms with Crippen LogP contribution < -0.4 is 20.1 Å². The highest BCUT2D eigenvalue weighted by Gasteiger charge is 2.40. The maximum Gasteiger partial charge on any atom is 0.281 e. The zero-order valence-corrected chi connectivity index (χ0v) is 22.6. The number of anilines is 2. The van der Waals surface area contributed by atoms with Gasteiger partial charge in [0.1, 0.15) is 17.7 Å². The van der Waals surface area contributed by atoms with Crippen molar-refractivity contribution in [2.45, 2.75) is 82.9 Å². The molecule has 2 aliphatic rings. The highest BCUT2D eigenvalue weighted by Crippen LogP contribution is 2.39. The number of hydrogen-bond donors (Lipinski definition) is 2. The van der Waals surface area contributed by atoms with Crippen LogP contribution in [0.25, 0.3) is 0 Å². The second-order valence-corrected chi connectivity index (χ2v) is 12.6. The van der Waals surface area contributed by atoms with Gasteiger partial charge in [-0.3, -0.25) is 4.79 Å². The zero-order chi connectivity index (χ0) is 27.0. The number of ether oxygens (including phenoxy) is 1. The molecule has 3 heterocycles. The summed E-state index contributed by atoms with van der Waals surface area (Å²) in [6, 6.07) is 5.09. The zero-order valence-electron chi connectivity index (χ0n) is 21.8. The summed E-state index contributed by atoms with van der Waals surface area (Å²) < 4.78 is 49.0. The van der Waals surface area contributed by atoms with Crippen molar-refractivity contribution >= 4 is 27.6 Å². The van der Waals surface area contributed by atoms with E-state index in [1.54, 1.807) is 0 Å². The van der Waals surface area contributed by atoms with Crippen molar-refractivity contribution in [1.82, 2.24) is 14.7 Å². The molecule has 1 amide bonds. The first-order valence-electron chi connectivity index (χ1n) is 12.8. The molecule has 2 aromatic rings. The Hall–Kier alpha value is -2.95. The average Bonchev–Trinajstić information content (AvgIpc) is 3.11. The highest BCUT2D eigenvalue weighted by atomic mass is 32.2. The lowest BCUT2D eigenvalue weighted by atomic mass is 9.86. The number of carbonyl (C=O) groups excluding carboxylic acids is 1. The number of nitrogens with zero attached hydrogens (tertiary/aromatic N) is 3. The largest absolute Gasteiger partial charge is 0.472 e. The summed E-state index contributed by atoms with van der Waals surface area (Å²) in [6.45, 7) is 8.62. The quantitative estimate of drug-likeness (QED) is 0.540. The van der Waals surface area contributed by atoms with Gasteiger partial charge in [-0.15, -0.1) is 0 Å². The number of pyridine rings is 2. The van der Waals surface area contributed by atoms with Crippen molar-refractivity contribution in [3.05, 3.63) is 35.6 Å².